The molecule has 30 heavy (non-hydrogen) atoms. The van der Waals surface area contributed by atoms with Gasteiger partial charge in [0, 0.05) is 27.5 Å². The molecule has 1 aliphatic carbocycles. The second-order valence-corrected chi connectivity index (χ2v) is 8.49. The van der Waals surface area contributed by atoms with Crippen LogP contribution in [0.5, 0.6) is 5.75 Å². The first-order valence-electron chi connectivity index (χ1n) is 9.59. The van der Waals surface area contributed by atoms with Crippen molar-refractivity contribution in [3.05, 3.63) is 92.7 Å². The lowest BCUT2D eigenvalue weighted by atomic mass is 9.96. The summed E-state index contributed by atoms with van der Waals surface area (Å²) in [5.41, 5.74) is 5.40. The number of rotatable bonds is 6. The Morgan fingerprint density at radius 3 is 2.60 bits per heavy atom. The molecule has 0 atom stereocenters. The summed E-state index contributed by atoms with van der Waals surface area (Å²) in [7, 11) is 0. The predicted molar refractivity (Wildman–Crippen MR) is 122 cm³/mol. The molecule has 6 heteroatoms. The third-order valence-electron chi connectivity index (χ3n) is 5.13. The zero-order valence-corrected chi connectivity index (χ0v) is 18.4. The quantitative estimate of drug-likeness (QED) is 0.415. The summed E-state index contributed by atoms with van der Waals surface area (Å²) < 4.78 is 7.13. The van der Waals surface area contributed by atoms with Gasteiger partial charge < -0.3 is 9.84 Å². The van der Waals surface area contributed by atoms with Crippen molar-refractivity contribution < 1.29 is 14.6 Å². The van der Waals surface area contributed by atoms with E-state index >= 15 is 0 Å². The van der Waals surface area contributed by atoms with Gasteiger partial charge in [-0.3, -0.25) is 4.98 Å². The summed E-state index contributed by atoms with van der Waals surface area (Å²) in [6, 6.07) is 15.3. The molecule has 0 aliphatic heterocycles. The minimum atomic E-state index is -0.973. The maximum Gasteiger partial charge on any atom is 0.337 e. The SMILES string of the molecule is O=C(O)c1cncc(C2=C(c3cc(Br)ccc3OCc3ccc(Cl)cc3)CCC2)c1. The largest absolute Gasteiger partial charge is 0.488 e. The van der Waals surface area contributed by atoms with E-state index in [0.29, 0.717) is 11.6 Å². The van der Waals surface area contributed by atoms with Crippen LogP contribution in [0.15, 0.2) is 65.4 Å². The van der Waals surface area contributed by atoms with E-state index in [1.54, 1.807) is 12.3 Å². The van der Waals surface area contributed by atoms with Gasteiger partial charge >= 0.3 is 5.97 Å². The van der Waals surface area contributed by atoms with E-state index in [-0.39, 0.29) is 5.56 Å². The van der Waals surface area contributed by atoms with Crippen LogP contribution in [0, 0.1) is 0 Å². The Balaban J connectivity index is 1.70. The average molecular weight is 485 g/mol. The van der Waals surface area contributed by atoms with Crippen molar-refractivity contribution in [3.8, 4) is 5.75 Å². The van der Waals surface area contributed by atoms with E-state index < -0.39 is 5.97 Å². The maximum absolute atomic E-state index is 11.4. The lowest BCUT2D eigenvalue weighted by Gasteiger charge is -2.15. The third-order valence-corrected chi connectivity index (χ3v) is 5.87. The van der Waals surface area contributed by atoms with Gasteiger partial charge in [0.2, 0.25) is 0 Å². The highest BCUT2D eigenvalue weighted by molar-refractivity contribution is 9.10. The highest BCUT2D eigenvalue weighted by Crippen LogP contribution is 2.43. The molecule has 0 unspecified atom stereocenters. The summed E-state index contributed by atoms with van der Waals surface area (Å²) in [6.45, 7) is 0.435. The molecule has 1 heterocycles. The van der Waals surface area contributed by atoms with Crippen molar-refractivity contribution in [2.24, 2.45) is 0 Å². The summed E-state index contributed by atoms with van der Waals surface area (Å²) in [6.07, 6.45) is 5.90. The number of pyridine rings is 1. The molecule has 1 aromatic heterocycles. The van der Waals surface area contributed by atoms with E-state index in [0.717, 1.165) is 51.7 Å². The Bertz CT molecular complexity index is 1130. The second-order valence-electron chi connectivity index (χ2n) is 7.13. The smallest absolute Gasteiger partial charge is 0.337 e. The van der Waals surface area contributed by atoms with Crippen LogP contribution in [-0.2, 0) is 6.61 Å². The molecule has 1 aliphatic rings. The number of hydrogen-bond donors (Lipinski definition) is 1. The van der Waals surface area contributed by atoms with Crippen molar-refractivity contribution in [1.29, 1.82) is 0 Å². The normalized spacial score (nSPS) is 13.5. The Morgan fingerprint density at radius 1 is 1.07 bits per heavy atom. The monoisotopic (exact) mass is 483 g/mol. The van der Waals surface area contributed by atoms with Gasteiger partial charge in [0.25, 0.3) is 0 Å². The van der Waals surface area contributed by atoms with Gasteiger partial charge in [-0.25, -0.2) is 4.79 Å². The Kier molecular flexibility index (Phi) is 6.21. The Labute approximate surface area is 188 Å². The molecule has 0 amide bonds. The number of carboxylic acid groups (broad SMARTS) is 1. The number of allylic oxidation sites excluding steroid dienone is 2. The van der Waals surface area contributed by atoms with Crippen LogP contribution in [-0.4, -0.2) is 16.1 Å². The van der Waals surface area contributed by atoms with Crippen molar-refractivity contribution in [1.82, 2.24) is 4.98 Å². The number of carbonyl (C=O) groups is 1. The standard InChI is InChI=1S/C24H19BrClNO3/c25-18-6-9-23(30-14-15-4-7-19(26)8-5-15)22(11-18)21-3-1-2-20(21)16-10-17(24(28)29)13-27-12-16/h4-13H,1-3,14H2,(H,28,29). The fourth-order valence-electron chi connectivity index (χ4n) is 3.69. The van der Waals surface area contributed by atoms with Crippen molar-refractivity contribution in [2.45, 2.75) is 25.9 Å². The second kappa shape index (κ2) is 9.02. The zero-order valence-electron chi connectivity index (χ0n) is 16.1. The van der Waals surface area contributed by atoms with Crippen LogP contribution in [0.2, 0.25) is 5.02 Å². The van der Waals surface area contributed by atoms with Gasteiger partial charge in [-0.2, -0.15) is 0 Å². The minimum Gasteiger partial charge on any atom is -0.488 e. The minimum absolute atomic E-state index is 0.194. The molecule has 1 N–H and O–H groups in total. The van der Waals surface area contributed by atoms with Crippen LogP contribution in [0.25, 0.3) is 11.1 Å². The first-order chi connectivity index (χ1) is 14.5. The lowest BCUT2D eigenvalue weighted by molar-refractivity contribution is 0.0696. The van der Waals surface area contributed by atoms with Crippen molar-refractivity contribution in [2.75, 3.05) is 0 Å². The van der Waals surface area contributed by atoms with E-state index in [4.69, 9.17) is 16.3 Å². The molecular formula is C24H19BrClNO3. The topological polar surface area (TPSA) is 59.4 Å². The molecule has 0 bridgehead atoms. The summed E-state index contributed by atoms with van der Waals surface area (Å²) in [4.78, 5) is 15.5. The number of nitrogens with zero attached hydrogens (tertiary/aromatic N) is 1. The van der Waals surface area contributed by atoms with E-state index in [1.165, 1.54) is 11.8 Å². The maximum atomic E-state index is 11.4. The molecule has 0 radical (unpaired) electrons. The average Bonchev–Trinajstić information content (AvgIpc) is 3.24. The Morgan fingerprint density at radius 2 is 1.83 bits per heavy atom. The van der Waals surface area contributed by atoms with Crippen molar-refractivity contribution >= 4 is 44.6 Å². The molecule has 0 spiro atoms. The molecule has 152 valence electrons. The van der Waals surface area contributed by atoms with Gasteiger partial charge in [-0.1, -0.05) is 39.7 Å². The van der Waals surface area contributed by atoms with E-state index in [9.17, 15) is 9.90 Å². The number of carboxylic acids is 1. The van der Waals surface area contributed by atoms with Crippen LogP contribution in [0.1, 0.15) is 46.3 Å². The number of ether oxygens (including phenoxy) is 1. The molecule has 0 fully saturated rings. The fraction of sp³-hybridized carbons (Fsp3) is 0.167. The highest BCUT2D eigenvalue weighted by atomic mass is 79.9. The third kappa shape index (κ3) is 4.58. The van der Waals surface area contributed by atoms with Crippen LogP contribution < -0.4 is 4.74 Å². The van der Waals surface area contributed by atoms with E-state index in [2.05, 4.69) is 27.0 Å². The molecule has 4 rings (SSSR count). The number of aromatic carboxylic acids is 1. The van der Waals surface area contributed by atoms with Crippen LogP contribution in [0.4, 0.5) is 0 Å². The highest BCUT2D eigenvalue weighted by Gasteiger charge is 2.22. The van der Waals surface area contributed by atoms with E-state index in [1.807, 2.05) is 36.4 Å². The molecule has 2 aromatic carbocycles. The molecular weight excluding hydrogens is 466 g/mol. The predicted octanol–water partition coefficient (Wildman–Crippen LogP) is 6.87. The number of hydrogen-bond acceptors (Lipinski definition) is 3. The molecule has 3 aromatic rings. The number of aromatic nitrogens is 1. The van der Waals surface area contributed by atoms with Crippen LogP contribution in [0.3, 0.4) is 0 Å². The first-order valence-corrected chi connectivity index (χ1v) is 10.8. The Hall–Kier alpha value is -2.63. The molecule has 4 nitrogen and oxygen atoms in total. The van der Waals surface area contributed by atoms with Crippen LogP contribution >= 0.6 is 27.5 Å². The lowest BCUT2D eigenvalue weighted by Crippen LogP contribution is -2.00. The molecule has 0 saturated carbocycles. The fourth-order valence-corrected chi connectivity index (χ4v) is 4.17. The van der Waals surface area contributed by atoms with Gasteiger partial charge in [0.15, 0.2) is 0 Å². The van der Waals surface area contributed by atoms with Gasteiger partial charge in [-0.05, 0) is 77.9 Å². The summed E-state index contributed by atoms with van der Waals surface area (Å²) in [5.74, 6) is -0.177. The number of benzene rings is 2. The van der Waals surface area contributed by atoms with Gasteiger partial charge in [-0.15, -0.1) is 0 Å². The number of halogens is 2. The zero-order chi connectivity index (χ0) is 21.1. The summed E-state index contributed by atoms with van der Waals surface area (Å²) >= 11 is 9.54. The van der Waals surface area contributed by atoms with Gasteiger partial charge in [0.1, 0.15) is 12.4 Å². The first kappa shape index (κ1) is 20.6. The summed E-state index contributed by atoms with van der Waals surface area (Å²) in [5, 5.41) is 10.0. The molecule has 0 saturated heterocycles. The van der Waals surface area contributed by atoms with Gasteiger partial charge in [0.05, 0.1) is 5.56 Å². The van der Waals surface area contributed by atoms with Crippen molar-refractivity contribution in [3.63, 3.8) is 0 Å².